The number of hydrogen-bond donors (Lipinski definition) is 2. The summed E-state index contributed by atoms with van der Waals surface area (Å²) in [6.45, 7) is 12.3. The third-order valence-corrected chi connectivity index (χ3v) is 3.69. The third kappa shape index (κ3) is 5.33. The summed E-state index contributed by atoms with van der Waals surface area (Å²) >= 11 is 0. The van der Waals surface area contributed by atoms with Gasteiger partial charge in [0.1, 0.15) is 0 Å². The summed E-state index contributed by atoms with van der Waals surface area (Å²) in [6.07, 6.45) is 4.55. The first kappa shape index (κ1) is 16.2. The zero-order chi connectivity index (χ0) is 14.5. The number of rotatable bonds is 8. The van der Waals surface area contributed by atoms with E-state index in [-0.39, 0.29) is 17.4 Å². The molecule has 1 heterocycles. The molecule has 110 valence electrons. The van der Waals surface area contributed by atoms with Crippen molar-refractivity contribution in [1.82, 2.24) is 15.1 Å². The number of aryl methyl sites for hydroxylation is 1. The molecule has 4 nitrogen and oxygen atoms in total. The van der Waals surface area contributed by atoms with Crippen LogP contribution in [-0.2, 0) is 6.54 Å². The summed E-state index contributed by atoms with van der Waals surface area (Å²) in [6, 6.07) is 2.36. The largest absolute Gasteiger partial charge is 0.392 e. The van der Waals surface area contributed by atoms with Crippen molar-refractivity contribution in [2.45, 2.75) is 59.7 Å². The van der Waals surface area contributed by atoms with Gasteiger partial charge in [0.25, 0.3) is 0 Å². The van der Waals surface area contributed by atoms with E-state index in [0.29, 0.717) is 6.04 Å². The van der Waals surface area contributed by atoms with Crippen molar-refractivity contribution in [2.24, 2.45) is 11.3 Å². The molecule has 0 aliphatic heterocycles. The number of nitrogens with zero attached hydrogens (tertiary/aromatic N) is 2. The molecule has 19 heavy (non-hydrogen) atoms. The summed E-state index contributed by atoms with van der Waals surface area (Å²) in [4.78, 5) is 0. The highest BCUT2D eigenvalue weighted by Crippen LogP contribution is 2.25. The van der Waals surface area contributed by atoms with Crippen LogP contribution in [0, 0.1) is 11.3 Å². The van der Waals surface area contributed by atoms with Crippen LogP contribution < -0.4 is 5.32 Å². The normalized spacial score (nSPS) is 15.7. The van der Waals surface area contributed by atoms with E-state index < -0.39 is 0 Å². The minimum absolute atomic E-state index is 0.103. The summed E-state index contributed by atoms with van der Waals surface area (Å²) in [5.74, 6) is 0.288. The molecular formula is C15H29N3O. The number of aliphatic hydroxyl groups excluding tert-OH is 1. The van der Waals surface area contributed by atoms with Crippen molar-refractivity contribution in [3.63, 3.8) is 0 Å². The zero-order valence-electron chi connectivity index (χ0n) is 12.9. The van der Waals surface area contributed by atoms with Crippen molar-refractivity contribution >= 4 is 0 Å². The molecule has 0 fully saturated rings. The molecule has 2 atom stereocenters. The second-order valence-electron chi connectivity index (χ2n) is 6.52. The van der Waals surface area contributed by atoms with Gasteiger partial charge >= 0.3 is 0 Å². The van der Waals surface area contributed by atoms with Gasteiger partial charge in [-0.3, -0.25) is 4.68 Å². The predicted octanol–water partition coefficient (Wildman–Crippen LogP) is 2.29. The Balaban J connectivity index is 2.30. The van der Waals surface area contributed by atoms with Crippen molar-refractivity contribution in [1.29, 1.82) is 0 Å². The van der Waals surface area contributed by atoms with E-state index in [9.17, 15) is 5.11 Å². The molecule has 0 radical (unpaired) electrons. The molecule has 0 spiro atoms. The molecule has 1 rings (SSSR count). The Morgan fingerprint density at radius 2 is 2.00 bits per heavy atom. The number of aromatic nitrogens is 2. The van der Waals surface area contributed by atoms with Crippen molar-refractivity contribution in [2.75, 3.05) is 6.54 Å². The minimum atomic E-state index is -0.279. The first-order valence-electron chi connectivity index (χ1n) is 7.22. The van der Waals surface area contributed by atoms with Crippen molar-refractivity contribution in [3.05, 3.63) is 18.5 Å². The number of aliphatic hydroxyl groups is 1. The van der Waals surface area contributed by atoms with Gasteiger partial charge in [-0.05, 0) is 25.3 Å². The van der Waals surface area contributed by atoms with Crippen LogP contribution in [-0.4, -0.2) is 33.6 Å². The molecule has 0 aliphatic rings. The maximum atomic E-state index is 10.2. The summed E-state index contributed by atoms with van der Waals surface area (Å²) in [5.41, 5.74) is -0.103. The maximum Gasteiger partial charge on any atom is 0.0626 e. The van der Waals surface area contributed by atoms with E-state index in [1.807, 2.05) is 16.9 Å². The van der Waals surface area contributed by atoms with Gasteiger partial charge in [-0.15, -0.1) is 0 Å². The number of hydrogen-bond acceptors (Lipinski definition) is 3. The fourth-order valence-corrected chi connectivity index (χ4v) is 2.30. The predicted molar refractivity (Wildman–Crippen MR) is 78.9 cm³/mol. The first-order valence-corrected chi connectivity index (χ1v) is 7.22. The lowest BCUT2D eigenvalue weighted by atomic mass is 9.80. The second kappa shape index (κ2) is 7.06. The SMILES string of the molecule is CC(CCn1cccn1)NCC(C)(C)C(O)C(C)C. The highest BCUT2D eigenvalue weighted by Gasteiger charge is 2.30. The van der Waals surface area contributed by atoms with E-state index in [1.54, 1.807) is 6.20 Å². The second-order valence-corrected chi connectivity index (χ2v) is 6.52. The van der Waals surface area contributed by atoms with Crippen LogP contribution in [0.5, 0.6) is 0 Å². The van der Waals surface area contributed by atoms with Gasteiger partial charge < -0.3 is 10.4 Å². The molecule has 0 bridgehead atoms. The Morgan fingerprint density at radius 3 is 2.53 bits per heavy atom. The lowest BCUT2D eigenvalue weighted by Gasteiger charge is -2.34. The van der Waals surface area contributed by atoms with Crippen LogP contribution in [0.3, 0.4) is 0 Å². The highest BCUT2D eigenvalue weighted by molar-refractivity contribution is 4.83. The molecule has 0 aliphatic carbocycles. The molecule has 0 saturated carbocycles. The van der Waals surface area contributed by atoms with E-state index >= 15 is 0 Å². The van der Waals surface area contributed by atoms with Crippen LogP contribution in [0.1, 0.15) is 41.0 Å². The molecular weight excluding hydrogens is 238 g/mol. The Kier molecular flexibility index (Phi) is 6.01. The molecule has 0 saturated heterocycles. The third-order valence-electron chi connectivity index (χ3n) is 3.69. The van der Waals surface area contributed by atoms with Crippen LogP contribution in [0.2, 0.25) is 0 Å². The minimum Gasteiger partial charge on any atom is -0.392 e. The van der Waals surface area contributed by atoms with E-state index in [1.165, 1.54) is 0 Å². The molecule has 0 aromatic carbocycles. The van der Waals surface area contributed by atoms with Gasteiger partial charge in [0, 0.05) is 36.9 Å². The van der Waals surface area contributed by atoms with Crippen LogP contribution in [0.4, 0.5) is 0 Å². The number of nitrogens with one attached hydrogen (secondary N) is 1. The molecule has 2 N–H and O–H groups in total. The summed E-state index contributed by atoms with van der Waals surface area (Å²) in [7, 11) is 0. The average Bonchev–Trinajstić information content (AvgIpc) is 2.86. The van der Waals surface area contributed by atoms with Gasteiger partial charge in [0.2, 0.25) is 0 Å². The summed E-state index contributed by atoms with van der Waals surface area (Å²) in [5, 5.41) is 17.9. The Hall–Kier alpha value is -0.870. The van der Waals surface area contributed by atoms with Crippen molar-refractivity contribution in [3.8, 4) is 0 Å². The molecule has 0 amide bonds. The van der Waals surface area contributed by atoms with E-state index in [4.69, 9.17) is 0 Å². The zero-order valence-corrected chi connectivity index (χ0v) is 12.9. The lowest BCUT2D eigenvalue weighted by Crippen LogP contribution is -2.44. The Bertz CT molecular complexity index is 346. The topological polar surface area (TPSA) is 50.1 Å². The first-order chi connectivity index (χ1) is 8.83. The van der Waals surface area contributed by atoms with Crippen molar-refractivity contribution < 1.29 is 5.11 Å². The lowest BCUT2D eigenvalue weighted by molar-refractivity contribution is 0.0122. The average molecular weight is 267 g/mol. The van der Waals surface area contributed by atoms with Crippen LogP contribution in [0.15, 0.2) is 18.5 Å². The maximum absolute atomic E-state index is 10.2. The van der Waals surface area contributed by atoms with E-state index in [0.717, 1.165) is 19.5 Å². The highest BCUT2D eigenvalue weighted by atomic mass is 16.3. The van der Waals surface area contributed by atoms with Gasteiger partial charge in [-0.1, -0.05) is 27.7 Å². The Labute approximate surface area is 117 Å². The molecule has 1 aromatic rings. The van der Waals surface area contributed by atoms with E-state index in [2.05, 4.69) is 45.0 Å². The van der Waals surface area contributed by atoms with Gasteiger partial charge in [-0.2, -0.15) is 5.10 Å². The standard InChI is InChI=1S/C15H29N3O/c1-12(2)14(19)15(4,5)11-16-13(3)7-10-18-9-6-8-17-18/h6,8-9,12-14,16,19H,7,10-11H2,1-5H3. The fraction of sp³-hybridized carbons (Fsp3) is 0.800. The van der Waals surface area contributed by atoms with Gasteiger partial charge in [0.05, 0.1) is 6.10 Å². The smallest absolute Gasteiger partial charge is 0.0626 e. The van der Waals surface area contributed by atoms with Crippen LogP contribution >= 0.6 is 0 Å². The molecule has 2 unspecified atom stereocenters. The fourth-order valence-electron chi connectivity index (χ4n) is 2.30. The monoisotopic (exact) mass is 267 g/mol. The van der Waals surface area contributed by atoms with Crippen LogP contribution in [0.25, 0.3) is 0 Å². The van der Waals surface area contributed by atoms with Gasteiger partial charge in [0.15, 0.2) is 0 Å². The molecule has 4 heteroatoms. The summed E-state index contributed by atoms with van der Waals surface area (Å²) < 4.78 is 1.95. The van der Waals surface area contributed by atoms with Gasteiger partial charge in [-0.25, -0.2) is 0 Å². The quantitative estimate of drug-likeness (QED) is 0.760. The Morgan fingerprint density at radius 1 is 1.32 bits per heavy atom. The molecule has 1 aromatic heterocycles.